The lowest BCUT2D eigenvalue weighted by atomic mass is 10.3. The third kappa shape index (κ3) is 4.79. The summed E-state index contributed by atoms with van der Waals surface area (Å²) in [5.41, 5.74) is 0. The molecule has 2 aliphatic heterocycles. The first-order chi connectivity index (χ1) is 13.4. The third-order valence-corrected chi connectivity index (χ3v) is 9.07. The molecular formula is C18H27ClN2O6S2. The zero-order valence-corrected chi connectivity index (χ0v) is 19.3. The minimum atomic E-state index is -3.98. The number of rotatable bonds is 4. The van der Waals surface area contributed by atoms with Crippen LogP contribution in [0.2, 0.25) is 5.02 Å². The molecule has 2 aliphatic rings. The fraction of sp³-hybridized carbons (Fsp3) is 0.667. The third-order valence-electron chi connectivity index (χ3n) is 4.93. The lowest BCUT2D eigenvalue weighted by molar-refractivity contribution is -0.0441. The SMILES string of the molecule is C[C@@H]1CN(S(=O)(=O)c2ccc(Cl)c(S(=O)(=O)N3C[C@H](C)O[C@@H](C)C3)c2)C[C@@H](C)O1. The summed E-state index contributed by atoms with van der Waals surface area (Å²) >= 11 is 6.19. The zero-order chi connectivity index (χ0) is 21.6. The van der Waals surface area contributed by atoms with Crippen LogP contribution in [0, 0.1) is 0 Å². The Labute approximate surface area is 177 Å². The maximum absolute atomic E-state index is 13.2. The van der Waals surface area contributed by atoms with Crippen LogP contribution in [0.15, 0.2) is 28.0 Å². The second-order valence-corrected chi connectivity index (χ2v) is 12.0. The van der Waals surface area contributed by atoms with Crippen LogP contribution in [0.25, 0.3) is 0 Å². The highest BCUT2D eigenvalue weighted by Crippen LogP contribution is 2.31. The van der Waals surface area contributed by atoms with Gasteiger partial charge in [0.1, 0.15) is 4.90 Å². The Hall–Kier alpha value is -0.750. The molecule has 8 nitrogen and oxygen atoms in total. The van der Waals surface area contributed by atoms with Crippen LogP contribution in [0.4, 0.5) is 0 Å². The predicted octanol–water partition coefficient (Wildman–Crippen LogP) is 1.94. The molecule has 0 aromatic heterocycles. The summed E-state index contributed by atoms with van der Waals surface area (Å²) in [6.07, 6.45) is -1.04. The molecule has 0 unspecified atom stereocenters. The largest absolute Gasteiger partial charge is 0.373 e. The van der Waals surface area contributed by atoms with Gasteiger partial charge in [-0.1, -0.05) is 11.6 Å². The van der Waals surface area contributed by atoms with E-state index < -0.39 is 20.0 Å². The molecule has 2 fully saturated rings. The van der Waals surface area contributed by atoms with Crippen LogP contribution in [0.5, 0.6) is 0 Å². The second kappa shape index (κ2) is 8.41. The first-order valence-electron chi connectivity index (χ1n) is 9.52. The van der Waals surface area contributed by atoms with Crippen molar-refractivity contribution in [3.8, 4) is 0 Å². The molecule has 29 heavy (non-hydrogen) atoms. The van der Waals surface area contributed by atoms with Crippen LogP contribution in [0.3, 0.4) is 0 Å². The highest BCUT2D eigenvalue weighted by Gasteiger charge is 2.36. The quantitative estimate of drug-likeness (QED) is 0.673. The Balaban J connectivity index is 1.97. The van der Waals surface area contributed by atoms with Gasteiger partial charge in [0.05, 0.1) is 34.3 Å². The van der Waals surface area contributed by atoms with Crippen LogP contribution < -0.4 is 0 Å². The number of sulfonamides is 2. The lowest BCUT2D eigenvalue weighted by Gasteiger charge is -2.35. The van der Waals surface area contributed by atoms with E-state index in [0.717, 1.165) is 6.07 Å². The molecule has 0 spiro atoms. The van der Waals surface area contributed by atoms with Gasteiger partial charge in [0.15, 0.2) is 0 Å². The minimum absolute atomic E-state index is 0.0144. The van der Waals surface area contributed by atoms with Crippen molar-refractivity contribution in [1.29, 1.82) is 0 Å². The van der Waals surface area contributed by atoms with Crippen molar-refractivity contribution in [3.05, 3.63) is 23.2 Å². The van der Waals surface area contributed by atoms with Gasteiger partial charge < -0.3 is 9.47 Å². The minimum Gasteiger partial charge on any atom is -0.373 e. The molecule has 1 aromatic rings. The van der Waals surface area contributed by atoms with Crippen molar-refractivity contribution in [1.82, 2.24) is 8.61 Å². The number of ether oxygens (including phenoxy) is 2. The molecule has 11 heteroatoms. The molecule has 0 N–H and O–H groups in total. The van der Waals surface area contributed by atoms with E-state index in [0.29, 0.717) is 0 Å². The first kappa shape index (κ1) is 22.9. The molecule has 164 valence electrons. The van der Waals surface area contributed by atoms with Gasteiger partial charge in [0.2, 0.25) is 20.0 Å². The Morgan fingerprint density at radius 1 is 0.793 bits per heavy atom. The molecule has 4 atom stereocenters. The molecule has 1 aromatic carbocycles. The van der Waals surface area contributed by atoms with E-state index >= 15 is 0 Å². The van der Waals surface area contributed by atoms with Crippen LogP contribution in [-0.4, -0.2) is 76.0 Å². The van der Waals surface area contributed by atoms with Crippen molar-refractivity contribution in [2.45, 2.75) is 61.9 Å². The first-order valence-corrected chi connectivity index (χ1v) is 12.8. The Morgan fingerprint density at radius 3 is 1.66 bits per heavy atom. The summed E-state index contributed by atoms with van der Waals surface area (Å²) in [5.74, 6) is 0. The van der Waals surface area contributed by atoms with E-state index in [2.05, 4.69) is 0 Å². The summed E-state index contributed by atoms with van der Waals surface area (Å²) in [5, 5.41) is -0.0144. The van der Waals surface area contributed by atoms with Gasteiger partial charge >= 0.3 is 0 Å². The maximum Gasteiger partial charge on any atom is 0.244 e. The fourth-order valence-electron chi connectivity index (χ4n) is 3.78. The highest BCUT2D eigenvalue weighted by atomic mass is 35.5. The van der Waals surface area contributed by atoms with Crippen molar-refractivity contribution >= 4 is 31.6 Å². The van der Waals surface area contributed by atoms with E-state index in [-0.39, 0.29) is 65.4 Å². The average molecular weight is 467 g/mol. The predicted molar refractivity (Wildman–Crippen MR) is 109 cm³/mol. The second-order valence-electron chi connectivity index (χ2n) is 7.75. The van der Waals surface area contributed by atoms with Gasteiger partial charge in [-0.3, -0.25) is 0 Å². The number of nitrogens with zero attached hydrogens (tertiary/aromatic N) is 2. The van der Waals surface area contributed by atoms with Crippen molar-refractivity contribution in [2.24, 2.45) is 0 Å². The smallest absolute Gasteiger partial charge is 0.244 e. The lowest BCUT2D eigenvalue weighted by Crippen LogP contribution is -2.48. The van der Waals surface area contributed by atoms with Crippen LogP contribution in [-0.2, 0) is 29.5 Å². The molecule has 3 rings (SSSR count). The van der Waals surface area contributed by atoms with Crippen molar-refractivity contribution < 1.29 is 26.3 Å². The summed E-state index contributed by atoms with van der Waals surface area (Å²) < 4.78 is 66.6. The number of benzene rings is 1. The molecule has 0 aliphatic carbocycles. The Bertz CT molecular complexity index is 949. The summed E-state index contributed by atoms with van der Waals surface area (Å²) in [7, 11) is -7.87. The fourth-order valence-corrected chi connectivity index (χ4v) is 7.57. The summed E-state index contributed by atoms with van der Waals surface area (Å²) in [4.78, 5) is -0.313. The number of halogens is 1. The molecule has 0 saturated carbocycles. The average Bonchev–Trinajstić information content (AvgIpc) is 2.60. The van der Waals surface area contributed by atoms with Gasteiger partial charge in [-0.25, -0.2) is 16.8 Å². The van der Waals surface area contributed by atoms with Crippen LogP contribution in [0.1, 0.15) is 27.7 Å². The van der Waals surface area contributed by atoms with Crippen molar-refractivity contribution in [2.75, 3.05) is 26.2 Å². The van der Waals surface area contributed by atoms with Gasteiger partial charge in [-0.15, -0.1) is 0 Å². The van der Waals surface area contributed by atoms with Gasteiger partial charge in [-0.2, -0.15) is 8.61 Å². The topological polar surface area (TPSA) is 93.2 Å². The molecule has 2 heterocycles. The monoisotopic (exact) mass is 466 g/mol. The van der Waals surface area contributed by atoms with Crippen LogP contribution >= 0.6 is 11.6 Å². The molecule has 2 saturated heterocycles. The number of hydrogen-bond acceptors (Lipinski definition) is 6. The van der Waals surface area contributed by atoms with Gasteiger partial charge in [0, 0.05) is 26.2 Å². The summed E-state index contributed by atoms with van der Waals surface area (Å²) in [6, 6.07) is 3.82. The van der Waals surface area contributed by atoms with E-state index in [1.54, 1.807) is 27.7 Å². The van der Waals surface area contributed by atoms with Crippen molar-refractivity contribution in [3.63, 3.8) is 0 Å². The molecule has 0 amide bonds. The van der Waals surface area contributed by atoms with E-state index in [9.17, 15) is 16.8 Å². The Morgan fingerprint density at radius 2 is 1.21 bits per heavy atom. The Kier molecular flexibility index (Phi) is 6.65. The normalized spacial score (nSPS) is 30.4. The molecular weight excluding hydrogens is 440 g/mol. The number of hydrogen-bond donors (Lipinski definition) is 0. The highest BCUT2D eigenvalue weighted by molar-refractivity contribution is 7.90. The standard InChI is InChI=1S/C18H27ClN2O6S2/c1-12-8-20(9-13(2)26-12)28(22,23)16-5-6-17(19)18(7-16)29(24,25)21-10-14(3)27-15(4)11-21/h5-7,12-15H,8-11H2,1-4H3/t12-,13-,14+,15+/m1/s1. The zero-order valence-electron chi connectivity index (χ0n) is 16.9. The number of morpholine rings is 2. The van der Waals surface area contributed by atoms with Gasteiger partial charge in [0.25, 0.3) is 0 Å². The van der Waals surface area contributed by atoms with Gasteiger partial charge in [-0.05, 0) is 45.9 Å². The van der Waals surface area contributed by atoms with E-state index in [4.69, 9.17) is 21.1 Å². The summed E-state index contributed by atoms with van der Waals surface area (Å²) in [6.45, 7) is 7.96. The van der Waals surface area contributed by atoms with E-state index in [1.165, 1.54) is 20.7 Å². The maximum atomic E-state index is 13.2. The van der Waals surface area contributed by atoms with E-state index in [1.807, 2.05) is 0 Å². The molecule has 0 radical (unpaired) electrons. The molecule has 0 bridgehead atoms.